The molecule has 0 atom stereocenters. The maximum atomic E-state index is 4.54. The summed E-state index contributed by atoms with van der Waals surface area (Å²) in [5.74, 6) is 0.883. The van der Waals surface area contributed by atoms with E-state index in [0.29, 0.717) is 0 Å². The standard InChI is InChI=1S/C14H17N3/c1-11-12(10-15-2)8-9-14(16-11)17-13-6-4-3-5-7-13/h3-9,15H,10H2,1-2H3,(H,16,17). The lowest BCUT2D eigenvalue weighted by atomic mass is 10.2. The minimum atomic E-state index is 0.852. The van der Waals surface area contributed by atoms with Gasteiger partial charge in [0.25, 0.3) is 0 Å². The molecule has 1 aromatic carbocycles. The molecule has 1 aromatic heterocycles. The van der Waals surface area contributed by atoms with Crippen LogP contribution >= 0.6 is 0 Å². The Bertz CT molecular complexity index is 480. The van der Waals surface area contributed by atoms with E-state index in [1.165, 1.54) is 5.56 Å². The molecular weight excluding hydrogens is 210 g/mol. The van der Waals surface area contributed by atoms with Gasteiger partial charge < -0.3 is 10.6 Å². The molecule has 0 aliphatic heterocycles. The average molecular weight is 227 g/mol. The molecule has 0 amide bonds. The van der Waals surface area contributed by atoms with E-state index in [4.69, 9.17) is 0 Å². The van der Waals surface area contributed by atoms with Gasteiger partial charge in [-0.1, -0.05) is 24.3 Å². The molecular formula is C14H17N3. The molecule has 2 rings (SSSR count). The Kier molecular flexibility index (Phi) is 3.73. The zero-order chi connectivity index (χ0) is 12.1. The molecule has 0 unspecified atom stereocenters. The highest BCUT2D eigenvalue weighted by molar-refractivity contribution is 5.56. The van der Waals surface area contributed by atoms with Crippen molar-refractivity contribution in [1.82, 2.24) is 10.3 Å². The fourth-order valence-electron chi connectivity index (χ4n) is 1.71. The molecule has 0 saturated heterocycles. The second kappa shape index (κ2) is 5.46. The number of rotatable bonds is 4. The minimum absolute atomic E-state index is 0.852. The normalized spacial score (nSPS) is 10.2. The monoisotopic (exact) mass is 227 g/mol. The van der Waals surface area contributed by atoms with Crippen molar-refractivity contribution in [3.8, 4) is 0 Å². The molecule has 0 saturated carbocycles. The third-order valence-corrected chi connectivity index (χ3v) is 2.61. The summed E-state index contributed by atoms with van der Waals surface area (Å²) in [4.78, 5) is 4.54. The summed E-state index contributed by atoms with van der Waals surface area (Å²) in [5, 5.41) is 6.42. The Morgan fingerprint density at radius 3 is 2.47 bits per heavy atom. The second-order valence-corrected chi connectivity index (χ2v) is 3.96. The predicted molar refractivity (Wildman–Crippen MR) is 71.5 cm³/mol. The first kappa shape index (κ1) is 11.6. The fourth-order valence-corrected chi connectivity index (χ4v) is 1.71. The molecule has 0 radical (unpaired) electrons. The lowest BCUT2D eigenvalue weighted by Gasteiger charge is -2.09. The molecule has 0 spiro atoms. The molecule has 3 nitrogen and oxygen atoms in total. The van der Waals surface area contributed by atoms with E-state index in [1.807, 2.05) is 50.4 Å². The molecule has 0 fully saturated rings. The van der Waals surface area contributed by atoms with Crippen LogP contribution in [-0.2, 0) is 6.54 Å². The number of nitrogens with one attached hydrogen (secondary N) is 2. The Balaban J connectivity index is 2.15. The highest BCUT2D eigenvalue weighted by atomic mass is 15.0. The quantitative estimate of drug-likeness (QED) is 0.843. The summed E-state index contributed by atoms with van der Waals surface area (Å²) < 4.78 is 0. The number of nitrogens with zero attached hydrogens (tertiary/aromatic N) is 1. The third kappa shape index (κ3) is 3.04. The van der Waals surface area contributed by atoms with E-state index in [1.54, 1.807) is 0 Å². The number of hydrogen-bond donors (Lipinski definition) is 2. The fraction of sp³-hybridized carbons (Fsp3) is 0.214. The molecule has 2 N–H and O–H groups in total. The maximum Gasteiger partial charge on any atom is 0.130 e. The third-order valence-electron chi connectivity index (χ3n) is 2.61. The number of anilines is 2. The van der Waals surface area contributed by atoms with Crippen LogP contribution in [0, 0.1) is 6.92 Å². The van der Waals surface area contributed by atoms with Gasteiger partial charge in [0.2, 0.25) is 0 Å². The zero-order valence-electron chi connectivity index (χ0n) is 10.2. The van der Waals surface area contributed by atoms with Crippen LogP contribution in [0.4, 0.5) is 11.5 Å². The van der Waals surface area contributed by atoms with Crippen LogP contribution in [0.1, 0.15) is 11.3 Å². The van der Waals surface area contributed by atoms with E-state index in [0.717, 1.165) is 23.7 Å². The van der Waals surface area contributed by atoms with Crippen LogP contribution in [-0.4, -0.2) is 12.0 Å². The van der Waals surface area contributed by atoms with Crippen molar-refractivity contribution in [1.29, 1.82) is 0 Å². The van der Waals surface area contributed by atoms with E-state index in [2.05, 4.69) is 21.7 Å². The van der Waals surface area contributed by atoms with Crippen molar-refractivity contribution >= 4 is 11.5 Å². The predicted octanol–water partition coefficient (Wildman–Crippen LogP) is 2.85. The summed E-state index contributed by atoms with van der Waals surface area (Å²) >= 11 is 0. The van der Waals surface area contributed by atoms with E-state index < -0.39 is 0 Å². The molecule has 0 aliphatic carbocycles. The van der Waals surface area contributed by atoms with Crippen molar-refractivity contribution in [3.63, 3.8) is 0 Å². The van der Waals surface area contributed by atoms with Gasteiger partial charge in [0, 0.05) is 17.9 Å². The number of para-hydroxylation sites is 1. The van der Waals surface area contributed by atoms with E-state index >= 15 is 0 Å². The van der Waals surface area contributed by atoms with Gasteiger partial charge in [-0.05, 0) is 37.7 Å². The topological polar surface area (TPSA) is 37.0 Å². The van der Waals surface area contributed by atoms with Gasteiger partial charge in [0.05, 0.1) is 0 Å². The number of benzene rings is 1. The van der Waals surface area contributed by atoms with Crippen LogP contribution in [0.5, 0.6) is 0 Å². The number of hydrogen-bond acceptors (Lipinski definition) is 3. The van der Waals surface area contributed by atoms with Crippen molar-refractivity contribution in [3.05, 3.63) is 53.7 Å². The Morgan fingerprint density at radius 2 is 1.82 bits per heavy atom. The van der Waals surface area contributed by atoms with Crippen LogP contribution in [0.15, 0.2) is 42.5 Å². The molecule has 88 valence electrons. The van der Waals surface area contributed by atoms with Crippen molar-refractivity contribution in [2.24, 2.45) is 0 Å². The van der Waals surface area contributed by atoms with E-state index in [9.17, 15) is 0 Å². The van der Waals surface area contributed by atoms with Crippen LogP contribution < -0.4 is 10.6 Å². The first-order valence-electron chi connectivity index (χ1n) is 5.73. The smallest absolute Gasteiger partial charge is 0.130 e. The SMILES string of the molecule is CNCc1ccc(Nc2ccccc2)nc1C. The van der Waals surface area contributed by atoms with Gasteiger partial charge in [-0.25, -0.2) is 4.98 Å². The Labute approximate surface area is 102 Å². The van der Waals surface area contributed by atoms with Crippen LogP contribution in [0.3, 0.4) is 0 Å². The summed E-state index contributed by atoms with van der Waals surface area (Å²) in [6.45, 7) is 2.88. The molecule has 2 aromatic rings. The summed E-state index contributed by atoms with van der Waals surface area (Å²) in [6.07, 6.45) is 0. The van der Waals surface area contributed by atoms with Gasteiger partial charge in [-0.3, -0.25) is 0 Å². The second-order valence-electron chi connectivity index (χ2n) is 3.96. The summed E-state index contributed by atoms with van der Waals surface area (Å²) in [5.41, 5.74) is 3.34. The van der Waals surface area contributed by atoms with Crippen molar-refractivity contribution in [2.75, 3.05) is 12.4 Å². The lowest BCUT2D eigenvalue weighted by Crippen LogP contribution is -2.08. The first-order chi connectivity index (χ1) is 8.29. The summed E-state index contributed by atoms with van der Waals surface area (Å²) in [6, 6.07) is 14.2. The van der Waals surface area contributed by atoms with Crippen LogP contribution in [0.2, 0.25) is 0 Å². The molecule has 1 heterocycles. The average Bonchev–Trinajstić information content (AvgIpc) is 2.34. The number of aryl methyl sites for hydroxylation is 1. The minimum Gasteiger partial charge on any atom is -0.340 e. The van der Waals surface area contributed by atoms with Crippen LogP contribution in [0.25, 0.3) is 0 Å². The molecule has 0 bridgehead atoms. The molecule has 3 heteroatoms. The molecule has 17 heavy (non-hydrogen) atoms. The van der Waals surface area contributed by atoms with Gasteiger partial charge >= 0.3 is 0 Å². The zero-order valence-corrected chi connectivity index (χ0v) is 10.2. The Hall–Kier alpha value is -1.87. The highest BCUT2D eigenvalue weighted by Crippen LogP contribution is 2.16. The number of aromatic nitrogens is 1. The van der Waals surface area contributed by atoms with Gasteiger partial charge in [-0.2, -0.15) is 0 Å². The van der Waals surface area contributed by atoms with Gasteiger partial charge in [0.1, 0.15) is 5.82 Å². The lowest BCUT2D eigenvalue weighted by molar-refractivity contribution is 0.805. The van der Waals surface area contributed by atoms with Gasteiger partial charge in [0.15, 0.2) is 0 Å². The first-order valence-corrected chi connectivity index (χ1v) is 5.73. The molecule has 0 aliphatic rings. The highest BCUT2D eigenvalue weighted by Gasteiger charge is 2.01. The van der Waals surface area contributed by atoms with Gasteiger partial charge in [-0.15, -0.1) is 0 Å². The largest absolute Gasteiger partial charge is 0.340 e. The summed E-state index contributed by atoms with van der Waals surface area (Å²) in [7, 11) is 1.94. The van der Waals surface area contributed by atoms with Crippen molar-refractivity contribution in [2.45, 2.75) is 13.5 Å². The van der Waals surface area contributed by atoms with E-state index in [-0.39, 0.29) is 0 Å². The maximum absolute atomic E-state index is 4.54. The number of pyridine rings is 1. The van der Waals surface area contributed by atoms with Crippen molar-refractivity contribution < 1.29 is 0 Å². The Morgan fingerprint density at radius 1 is 1.06 bits per heavy atom.